The molecule has 1 rings (SSSR count). The number of piperidine rings is 1. The third kappa shape index (κ3) is 5.28. The van der Waals surface area contributed by atoms with E-state index in [-0.39, 0.29) is 0 Å². The third-order valence-electron chi connectivity index (χ3n) is 3.84. The highest BCUT2D eigenvalue weighted by Gasteiger charge is 2.17. The summed E-state index contributed by atoms with van der Waals surface area (Å²) >= 11 is 0. The van der Waals surface area contributed by atoms with Crippen LogP contribution in [0.4, 0.5) is 0 Å². The molecule has 96 valence electrons. The highest BCUT2D eigenvalue weighted by molar-refractivity contribution is 4.73. The predicted molar refractivity (Wildman–Crippen MR) is 70.9 cm³/mol. The Morgan fingerprint density at radius 1 is 1.38 bits per heavy atom. The summed E-state index contributed by atoms with van der Waals surface area (Å²) < 4.78 is 0. The van der Waals surface area contributed by atoms with E-state index in [1.165, 1.54) is 45.4 Å². The molecular weight excluding hydrogens is 198 g/mol. The van der Waals surface area contributed by atoms with Crippen LogP contribution in [0.15, 0.2) is 0 Å². The average Bonchev–Trinajstić information content (AvgIpc) is 2.29. The lowest BCUT2D eigenvalue weighted by molar-refractivity contribution is 0.174. The maximum atomic E-state index is 3.30. The van der Waals surface area contributed by atoms with E-state index in [1.807, 2.05) is 7.05 Å². The van der Waals surface area contributed by atoms with Gasteiger partial charge in [0.25, 0.3) is 0 Å². The maximum absolute atomic E-state index is 3.30. The summed E-state index contributed by atoms with van der Waals surface area (Å²) in [7, 11) is 6.54. The van der Waals surface area contributed by atoms with E-state index < -0.39 is 0 Å². The number of likely N-dealkylation sites (tertiary alicyclic amines) is 1. The number of nitrogens with zero attached hydrogens (tertiary/aromatic N) is 2. The zero-order chi connectivity index (χ0) is 12.0. The fraction of sp³-hybridized carbons (Fsp3) is 1.00. The van der Waals surface area contributed by atoms with Gasteiger partial charge in [0.05, 0.1) is 0 Å². The summed E-state index contributed by atoms with van der Waals surface area (Å²) in [6.45, 7) is 7.32. The molecule has 0 amide bonds. The SMILES string of the molecule is CNC(C)CCN(C)CC1CCN(C)CC1. The van der Waals surface area contributed by atoms with Crippen LogP contribution in [0.5, 0.6) is 0 Å². The van der Waals surface area contributed by atoms with Crippen molar-refractivity contribution in [2.45, 2.75) is 32.2 Å². The van der Waals surface area contributed by atoms with E-state index in [0.717, 1.165) is 5.92 Å². The highest BCUT2D eigenvalue weighted by Crippen LogP contribution is 2.16. The Hall–Kier alpha value is -0.120. The summed E-state index contributed by atoms with van der Waals surface area (Å²) in [6, 6.07) is 0.639. The van der Waals surface area contributed by atoms with Crippen LogP contribution in [0.1, 0.15) is 26.2 Å². The molecule has 0 radical (unpaired) electrons. The van der Waals surface area contributed by atoms with Crippen LogP contribution in [0.3, 0.4) is 0 Å². The van der Waals surface area contributed by atoms with Crippen molar-refractivity contribution >= 4 is 0 Å². The maximum Gasteiger partial charge on any atom is 0.00478 e. The molecule has 1 aliphatic heterocycles. The Balaban J connectivity index is 2.11. The van der Waals surface area contributed by atoms with Gasteiger partial charge in [-0.25, -0.2) is 0 Å². The van der Waals surface area contributed by atoms with Crippen molar-refractivity contribution in [2.24, 2.45) is 5.92 Å². The van der Waals surface area contributed by atoms with Crippen LogP contribution in [-0.2, 0) is 0 Å². The van der Waals surface area contributed by atoms with Crippen molar-refractivity contribution in [3.05, 3.63) is 0 Å². The van der Waals surface area contributed by atoms with Gasteiger partial charge in [0.15, 0.2) is 0 Å². The van der Waals surface area contributed by atoms with E-state index in [0.29, 0.717) is 6.04 Å². The molecule has 1 atom stereocenters. The average molecular weight is 227 g/mol. The first-order valence-corrected chi connectivity index (χ1v) is 6.66. The molecule has 1 aliphatic rings. The van der Waals surface area contributed by atoms with Crippen molar-refractivity contribution in [1.82, 2.24) is 15.1 Å². The minimum Gasteiger partial charge on any atom is -0.317 e. The van der Waals surface area contributed by atoms with Gasteiger partial charge in [0.1, 0.15) is 0 Å². The van der Waals surface area contributed by atoms with Crippen molar-refractivity contribution in [1.29, 1.82) is 0 Å². The molecule has 16 heavy (non-hydrogen) atoms. The van der Waals surface area contributed by atoms with E-state index in [4.69, 9.17) is 0 Å². The summed E-state index contributed by atoms with van der Waals surface area (Å²) in [5, 5.41) is 3.30. The van der Waals surface area contributed by atoms with Gasteiger partial charge in [-0.15, -0.1) is 0 Å². The van der Waals surface area contributed by atoms with Crippen molar-refractivity contribution in [2.75, 3.05) is 47.3 Å². The topological polar surface area (TPSA) is 18.5 Å². The number of nitrogens with one attached hydrogen (secondary N) is 1. The summed E-state index contributed by atoms with van der Waals surface area (Å²) in [6.07, 6.45) is 4.00. The molecule has 0 aromatic rings. The quantitative estimate of drug-likeness (QED) is 0.737. The predicted octanol–water partition coefficient (Wildman–Crippen LogP) is 1.26. The smallest absolute Gasteiger partial charge is 0.00478 e. The van der Waals surface area contributed by atoms with Gasteiger partial charge in [-0.2, -0.15) is 0 Å². The Morgan fingerprint density at radius 3 is 2.56 bits per heavy atom. The van der Waals surface area contributed by atoms with E-state index >= 15 is 0 Å². The standard InChI is InChI=1S/C13H29N3/c1-12(14-2)5-8-16(4)11-13-6-9-15(3)10-7-13/h12-14H,5-11H2,1-4H3. The second-order valence-corrected chi connectivity index (χ2v) is 5.49. The van der Waals surface area contributed by atoms with Gasteiger partial charge in [0.2, 0.25) is 0 Å². The minimum absolute atomic E-state index is 0.639. The van der Waals surface area contributed by atoms with E-state index in [2.05, 4.69) is 36.1 Å². The molecule has 0 bridgehead atoms. The zero-order valence-corrected chi connectivity index (χ0v) is 11.5. The highest BCUT2D eigenvalue weighted by atomic mass is 15.1. The molecule has 0 aromatic carbocycles. The Kier molecular flexibility index (Phi) is 6.32. The van der Waals surface area contributed by atoms with Gasteiger partial charge in [-0.1, -0.05) is 0 Å². The van der Waals surface area contributed by atoms with E-state index in [1.54, 1.807) is 0 Å². The molecule has 0 saturated carbocycles. The number of hydrogen-bond donors (Lipinski definition) is 1. The molecule has 0 aliphatic carbocycles. The molecule has 1 heterocycles. The van der Waals surface area contributed by atoms with Crippen molar-refractivity contribution < 1.29 is 0 Å². The Morgan fingerprint density at radius 2 is 2.00 bits per heavy atom. The molecule has 3 nitrogen and oxygen atoms in total. The van der Waals surface area contributed by atoms with Gasteiger partial charge < -0.3 is 15.1 Å². The number of hydrogen-bond acceptors (Lipinski definition) is 3. The van der Waals surface area contributed by atoms with Gasteiger partial charge >= 0.3 is 0 Å². The number of rotatable bonds is 6. The van der Waals surface area contributed by atoms with Gasteiger partial charge in [-0.3, -0.25) is 0 Å². The monoisotopic (exact) mass is 227 g/mol. The second-order valence-electron chi connectivity index (χ2n) is 5.49. The minimum atomic E-state index is 0.639. The van der Waals surface area contributed by atoms with Gasteiger partial charge in [0, 0.05) is 12.6 Å². The molecule has 3 heteroatoms. The first kappa shape index (κ1) is 13.9. The van der Waals surface area contributed by atoms with Crippen LogP contribution in [0.25, 0.3) is 0 Å². The van der Waals surface area contributed by atoms with Crippen LogP contribution in [-0.4, -0.2) is 63.2 Å². The molecule has 1 N–H and O–H groups in total. The van der Waals surface area contributed by atoms with Crippen LogP contribution < -0.4 is 5.32 Å². The fourth-order valence-corrected chi connectivity index (χ4v) is 2.34. The summed E-state index contributed by atoms with van der Waals surface area (Å²) in [5.74, 6) is 0.922. The normalized spacial score (nSPS) is 21.6. The molecule has 1 fully saturated rings. The van der Waals surface area contributed by atoms with Crippen LogP contribution in [0, 0.1) is 5.92 Å². The largest absolute Gasteiger partial charge is 0.317 e. The van der Waals surface area contributed by atoms with Crippen LogP contribution >= 0.6 is 0 Å². The zero-order valence-electron chi connectivity index (χ0n) is 11.5. The first-order valence-electron chi connectivity index (χ1n) is 6.66. The molecular formula is C13H29N3. The lowest BCUT2D eigenvalue weighted by atomic mass is 9.96. The molecule has 1 unspecified atom stereocenters. The third-order valence-corrected chi connectivity index (χ3v) is 3.84. The summed E-state index contributed by atoms with van der Waals surface area (Å²) in [5.41, 5.74) is 0. The Labute approximate surface area is 101 Å². The molecule has 0 spiro atoms. The Bertz CT molecular complexity index is 176. The lowest BCUT2D eigenvalue weighted by Crippen LogP contribution is -2.37. The van der Waals surface area contributed by atoms with E-state index in [9.17, 15) is 0 Å². The first-order chi connectivity index (χ1) is 7.61. The second kappa shape index (κ2) is 7.25. The molecule has 1 saturated heterocycles. The van der Waals surface area contributed by atoms with Crippen molar-refractivity contribution in [3.63, 3.8) is 0 Å². The molecule has 0 aromatic heterocycles. The lowest BCUT2D eigenvalue weighted by Gasteiger charge is -2.32. The summed E-state index contributed by atoms with van der Waals surface area (Å²) in [4.78, 5) is 4.95. The fourth-order valence-electron chi connectivity index (χ4n) is 2.34. The van der Waals surface area contributed by atoms with Crippen molar-refractivity contribution in [3.8, 4) is 0 Å². The van der Waals surface area contributed by atoms with Crippen LogP contribution in [0.2, 0.25) is 0 Å². The van der Waals surface area contributed by atoms with Gasteiger partial charge in [-0.05, 0) is 72.9 Å².